The molecule has 2 heterocycles. The van der Waals surface area contributed by atoms with E-state index >= 15 is 0 Å². The third kappa shape index (κ3) is 4.06. The summed E-state index contributed by atoms with van der Waals surface area (Å²) in [6.07, 6.45) is 1.74. The van der Waals surface area contributed by atoms with Crippen LogP contribution in [0, 0.1) is 0 Å². The van der Waals surface area contributed by atoms with Crippen molar-refractivity contribution >= 4 is 23.3 Å². The lowest BCUT2D eigenvalue weighted by atomic mass is 10.2. The van der Waals surface area contributed by atoms with Crippen molar-refractivity contribution in [3.05, 3.63) is 48.7 Å². The fourth-order valence-corrected chi connectivity index (χ4v) is 2.71. The maximum absolute atomic E-state index is 12.3. The number of aromatic nitrogens is 1. The molecule has 0 aliphatic carbocycles. The molecular formula is C18H20N4O3. The summed E-state index contributed by atoms with van der Waals surface area (Å²) in [6, 6.07) is 12.6. The summed E-state index contributed by atoms with van der Waals surface area (Å²) in [5, 5.41) is 2.62. The maximum atomic E-state index is 12.3. The van der Waals surface area contributed by atoms with Crippen molar-refractivity contribution in [3.8, 4) is 5.75 Å². The number of rotatable bonds is 3. The number of nitrogens with zero attached hydrogens (tertiary/aromatic N) is 3. The van der Waals surface area contributed by atoms with Crippen molar-refractivity contribution in [1.29, 1.82) is 0 Å². The lowest BCUT2D eigenvalue weighted by molar-refractivity contribution is -0.143. The Morgan fingerprint density at radius 3 is 2.56 bits per heavy atom. The van der Waals surface area contributed by atoms with E-state index in [-0.39, 0.29) is 0 Å². The number of carbonyl (C=O) groups is 2. The molecule has 2 aromatic rings. The lowest BCUT2D eigenvalue weighted by Gasteiger charge is -2.34. The first-order valence-corrected chi connectivity index (χ1v) is 8.07. The zero-order valence-electron chi connectivity index (χ0n) is 14.0. The van der Waals surface area contributed by atoms with E-state index in [1.54, 1.807) is 42.5 Å². The molecule has 0 bridgehead atoms. The third-order valence-electron chi connectivity index (χ3n) is 4.06. The van der Waals surface area contributed by atoms with Crippen LogP contribution in [0.5, 0.6) is 5.75 Å². The van der Waals surface area contributed by atoms with E-state index < -0.39 is 11.8 Å². The highest BCUT2D eigenvalue weighted by Gasteiger charge is 2.26. The first-order chi connectivity index (χ1) is 12.2. The molecule has 130 valence electrons. The van der Waals surface area contributed by atoms with Crippen LogP contribution in [0.3, 0.4) is 0 Å². The molecule has 1 aliphatic rings. The van der Waals surface area contributed by atoms with Crippen LogP contribution in [0.4, 0.5) is 11.5 Å². The summed E-state index contributed by atoms with van der Waals surface area (Å²) >= 11 is 0. The lowest BCUT2D eigenvalue weighted by Crippen LogP contribution is -2.51. The summed E-state index contributed by atoms with van der Waals surface area (Å²) in [7, 11) is 1.55. The van der Waals surface area contributed by atoms with Crippen molar-refractivity contribution in [2.75, 3.05) is 43.5 Å². The Balaban J connectivity index is 1.56. The van der Waals surface area contributed by atoms with E-state index in [9.17, 15) is 9.59 Å². The molecular weight excluding hydrogens is 320 g/mol. The fourth-order valence-electron chi connectivity index (χ4n) is 2.71. The second kappa shape index (κ2) is 7.65. The Kier molecular flexibility index (Phi) is 5.13. The van der Waals surface area contributed by atoms with Crippen LogP contribution in [-0.2, 0) is 9.59 Å². The normalized spacial score (nSPS) is 14.1. The van der Waals surface area contributed by atoms with E-state index in [4.69, 9.17) is 4.74 Å². The molecule has 1 aliphatic heterocycles. The maximum Gasteiger partial charge on any atom is 0.313 e. The second-order valence-corrected chi connectivity index (χ2v) is 5.65. The van der Waals surface area contributed by atoms with Crippen LogP contribution >= 0.6 is 0 Å². The minimum Gasteiger partial charge on any atom is -0.497 e. The van der Waals surface area contributed by atoms with Gasteiger partial charge in [-0.15, -0.1) is 0 Å². The van der Waals surface area contributed by atoms with Crippen molar-refractivity contribution < 1.29 is 14.3 Å². The molecule has 2 amide bonds. The van der Waals surface area contributed by atoms with Gasteiger partial charge in [-0.2, -0.15) is 0 Å². The number of anilines is 2. The predicted molar refractivity (Wildman–Crippen MR) is 94.7 cm³/mol. The zero-order valence-corrected chi connectivity index (χ0v) is 14.0. The summed E-state index contributed by atoms with van der Waals surface area (Å²) in [6.45, 7) is 2.27. The Hall–Kier alpha value is -3.09. The summed E-state index contributed by atoms with van der Waals surface area (Å²) in [4.78, 5) is 32.5. The summed E-state index contributed by atoms with van der Waals surface area (Å²) in [5.41, 5.74) is 0.532. The molecule has 7 nitrogen and oxygen atoms in total. The first-order valence-electron chi connectivity index (χ1n) is 8.07. The van der Waals surface area contributed by atoms with Crippen molar-refractivity contribution in [2.45, 2.75) is 0 Å². The van der Waals surface area contributed by atoms with Crippen LogP contribution in [0.1, 0.15) is 0 Å². The molecule has 1 N–H and O–H groups in total. The monoisotopic (exact) mass is 340 g/mol. The highest BCUT2D eigenvalue weighted by atomic mass is 16.5. The van der Waals surface area contributed by atoms with Crippen LogP contribution in [0.15, 0.2) is 48.7 Å². The van der Waals surface area contributed by atoms with Gasteiger partial charge >= 0.3 is 11.8 Å². The number of piperazine rings is 1. The average Bonchev–Trinajstić information content (AvgIpc) is 2.68. The van der Waals surface area contributed by atoms with Crippen molar-refractivity contribution in [1.82, 2.24) is 9.88 Å². The van der Waals surface area contributed by atoms with Crippen LogP contribution in [-0.4, -0.2) is 55.0 Å². The number of nitrogens with one attached hydrogen (secondary N) is 1. The average molecular weight is 340 g/mol. The van der Waals surface area contributed by atoms with E-state index in [2.05, 4.69) is 15.2 Å². The Bertz CT molecular complexity index is 743. The van der Waals surface area contributed by atoms with Gasteiger partial charge in [0.1, 0.15) is 11.6 Å². The number of hydrogen-bond donors (Lipinski definition) is 1. The molecule has 1 aromatic carbocycles. The molecule has 0 spiro atoms. The summed E-state index contributed by atoms with van der Waals surface area (Å²) in [5.74, 6) is 0.340. The Morgan fingerprint density at radius 2 is 1.88 bits per heavy atom. The molecule has 1 saturated heterocycles. The van der Waals surface area contributed by atoms with Gasteiger partial charge in [0.05, 0.1) is 7.11 Å². The largest absolute Gasteiger partial charge is 0.497 e. The Labute approximate surface area is 146 Å². The number of hydrogen-bond acceptors (Lipinski definition) is 5. The molecule has 0 unspecified atom stereocenters. The zero-order chi connectivity index (χ0) is 17.6. The van der Waals surface area contributed by atoms with Crippen LogP contribution < -0.4 is 15.0 Å². The van der Waals surface area contributed by atoms with Crippen LogP contribution in [0.25, 0.3) is 0 Å². The molecule has 1 aromatic heterocycles. The quantitative estimate of drug-likeness (QED) is 0.855. The van der Waals surface area contributed by atoms with Crippen LogP contribution in [0.2, 0.25) is 0 Å². The van der Waals surface area contributed by atoms with Gasteiger partial charge in [0.2, 0.25) is 0 Å². The van der Waals surface area contributed by atoms with E-state index in [1.807, 2.05) is 18.2 Å². The van der Waals surface area contributed by atoms with Gasteiger partial charge in [-0.05, 0) is 24.3 Å². The number of ether oxygens (including phenoxy) is 1. The van der Waals surface area contributed by atoms with E-state index in [0.29, 0.717) is 37.6 Å². The minimum absolute atomic E-state index is 0.487. The number of carbonyl (C=O) groups excluding carboxylic acids is 2. The first kappa shape index (κ1) is 16.8. The number of methoxy groups -OCH3 is 1. The molecule has 7 heteroatoms. The van der Waals surface area contributed by atoms with Gasteiger partial charge in [0.25, 0.3) is 0 Å². The van der Waals surface area contributed by atoms with Crippen molar-refractivity contribution in [3.63, 3.8) is 0 Å². The highest BCUT2D eigenvalue weighted by Crippen LogP contribution is 2.17. The minimum atomic E-state index is -0.639. The third-order valence-corrected chi connectivity index (χ3v) is 4.06. The van der Waals surface area contributed by atoms with Gasteiger partial charge in [0.15, 0.2) is 0 Å². The number of amides is 2. The predicted octanol–water partition coefficient (Wildman–Crippen LogP) is 1.38. The van der Waals surface area contributed by atoms with Gasteiger partial charge < -0.3 is 19.9 Å². The van der Waals surface area contributed by atoms with Gasteiger partial charge in [-0.1, -0.05) is 12.1 Å². The smallest absolute Gasteiger partial charge is 0.313 e. The molecule has 1 fully saturated rings. The molecule has 0 radical (unpaired) electrons. The molecule has 0 atom stereocenters. The molecule has 3 rings (SSSR count). The second-order valence-electron chi connectivity index (χ2n) is 5.65. The Morgan fingerprint density at radius 1 is 1.08 bits per heavy atom. The van der Waals surface area contributed by atoms with E-state index in [1.165, 1.54) is 0 Å². The fraction of sp³-hybridized carbons (Fsp3) is 0.278. The standard InChI is InChI=1S/C18H20N4O3/c1-25-15-6-4-5-14(13-15)20-17(23)18(24)22-11-9-21(10-12-22)16-7-2-3-8-19-16/h2-8,13H,9-12H2,1H3,(H,20,23). The van der Waals surface area contributed by atoms with E-state index in [0.717, 1.165) is 5.82 Å². The highest BCUT2D eigenvalue weighted by molar-refractivity contribution is 6.39. The topological polar surface area (TPSA) is 74.8 Å². The summed E-state index contributed by atoms with van der Waals surface area (Å²) < 4.78 is 5.11. The SMILES string of the molecule is COc1cccc(NC(=O)C(=O)N2CCN(c3ccccn3)CC2)c1. The van der Waals surface area contributed by atoms with Gasteiger partial charge in [0, 0.05) is 44.1 Å². The molecule has 25 heavy (non-hydrogen) atoms. The molecule has 0 saturated carbocycles. The van der Waals surface area contributed by atoms with Crippen molar-refractivity contribution in [2.24, 2.45) is 0 Å². The van der Waals surface area contributed by atoms with Gasteiger partial charge in [-0.3, -0.25) is 9.59 Å². The number of pyridine rings is 1. The number of benzene rings is 1. The van der Waals surface area contributed by atoms with Gasteiger partial charge in [-0.25, -0.2) is 4.98 Å².